The van der Waals surface area contributed by atoms with Crippen LogP contribution in [0.25, 0.3) is 0 Å². The topological polar surface area (TPSA) is 53.1 Å². The molecule has 96 valence electrons. The maximum atomic E-state index is 5.94. The quantitative estimate of drug-likeness (QED) is 0.903. The Morgan fingerprint density at radius 2 is 2.06 bits per heavy atom. The van der Waals surface area contributed by atoms with Crippen molar-refractivity contribution in [2.24, 2.45) is 7.05 Å². The van der Waals surface area contributed by atoms with Gasteiger partial charge in [-0.3, -0.25) is 0 Å². The minimum Gasteiger partial charge on any atom is -0.437 e. The van der Waals surface area contributed by atoms with Crippen molar-refractivity contribution in [3.05, 3.63) is 35.5 Å². The molecule has 4 heteroatoms. The van der Waals surface area contributed by atoms with Crippen LogP contribution in [-0.2, 0) is 7.05 Å². The summed E-state index contributed by atoms with van der Waals surface area (Å²) in [5.41, 5.74) is 8.56. The third-order valence-electron chi connectivity index (χ3n) is 2.95. The number of nitrogens with zero attached hydrogens (tertiary/aromatic N) is 2. The first-order chi connectivity index (χ1) is 8.49. The minimum absolute atomic E-state index is 0.471. The second kappa shape index (κ2) is 4.72. The molecule has 0 saturated carbocycles. The first-order valence-electron chi connectivity index (χ1n) is 6.06. The Balaban J connectivity index is 2.31. The van der Waals surface area contributed by atoms with Crippen LogP contribution in [0.4, 0.5) is 5.69 Å². The summed E-state index contributed by atoms with van der Waals surface area (Å²) in [7, 11) is 1.82. The Kier molecular flexibility index (Phi) is 3.28. The van der Waals surface area contributed by atoms with Crippen molar-refractivity contribution in [1.29, 1.82) is 0 Å². The highest BCUT2D eigenvalue weighted by Crippen LogP contribution is 2.30. The van der Waals surface area contributed by atoms with Crippen molar-refractivity contribution in [1.82, 2.24) is 9.78 Å². The number of anilines is 1. The molecule has 2 rings (SSSR count). The normalized spacial score (nSPS) is 10.9. The van der Waals surface area contributed by atoms with Gasteiger partial charge in [-0.15, -0.1) is 0 Å². The molecule has 0 aliphatic carbocycles. The summed E-state index contributed by atoms with van der Waals surface area (Å²) in [6, 6.07) is 8.04. The molecular weight excluding hydrogens is 226 g/mol. The van der Waals surface area contributed by atoms with Crippen LogP contribution in [-0.4, -0.2) is 9.78 Å². The number of hydrogen-bond donors (Lipinski definition) is 1. The van der Waals surface area contributed by atoms with E-state index in [4.69, 9.17) is 10.5 Å². The first kappa shape index (κ1) is 12.5. The van der Waals surface area contributed by atoms with Crippen molar-refractivity contribution in [2.75, 3.05) is 5.73 Å². The summed E-state index contributed by atoms with van der Waals surface area (Å²) in [6.07, 6.45) is 0. The van der Waals surface area contributed by atoms with Crippen molar-refractivity contribution < 1.29 is 4.74 Å². The van der Waals surface area contributed by atoms with Gasteiger partial charge >= 0.3 is 0 Å². The fraction of sp³-hybridized carbons (Fsp3) is 0.357. The van der Waals surface area contributed by atoms with E-state index in [-0.39, 0.29) is 0 Å². The molecule has 4 nitrogen and oxygen atoms in total. The molecule has 2 N–H and O–H groups in total. The second-order valence-electron chi connectivity index (χ2n) is 4.76. The van der Waals surface area contributed by atoms with Gasteiger partial charge in [0.15, 0.2) is 0 Å². The third kappa shape index (κ3) is 2.32. The Morgan fingerprint density at radius 3 is 2.61 bits per heavy atom. The van der Waals surface area contributed by atoms with E-state index in [0.717, 1.165) is 11.4 Å². The fourth-order valence-electron chi connectivity index (χ4n) is 1.82. The van der Waals surface area contributed by atoms with E-state index in [1.165, 1.54) is 5.56 Å². The lowest BCUT2D eigenvalue weighted by Crippen LogP contribution is -1.97. The molecule has 0 amide bonds. The van der Waals surface area contributed by atoms with E-state index in [1.54, 1.807) is 4.68 Å². The molecule has 0 aliphatic rings. The standard InChI is InChI=1S/C14H19N3O/c1-9(2)11-6-5-7-12(8-11)18-14-13(15)10(3)16-17(14)4/h5-9H,15H2,1-4H3. The highest BCUT2D eigenvalue weighted by molar-refractivity contribution is 5.54. The summed E-state index contributed by atoms with van der Waals surface area (Å²) in [6.45, 7) is 6.18. The van der Waals surface area contributed by atoms with Gasteiger partial charge in [0.2, 0.25) is 5.88 Å². The average Bonchev–Trinajstić information content (AvgIpc) is 2.56. The Hall–Kier alpha value is -1.97. The molecule has 2 aromatic rings. The highest BCUT2D eigenvalue weighted by atomic mass is 16.5. The molecule has 1 heterocycles. The van der Waals surface area contributed by atoms with E-state index in [9.17, 15) is 0 Å². The maximum Gasteiger partial charge on any atom is 0.241 e. The number of aryl methyl sites for hydroxylation is 2. The van der Waals surface area contributed by atoms with Crippen molar-refractivity contribution in [3.8, 4) is 11.6 Å². The number of benzene rings is 1. The third-order valence-corrected chi connectivity index (χ3v) is 2.95. The van der Waals surface area contributed by atoms with Gasteiger partial charge < -0.3 is 10.5 Å². The molecule has 1 aromatic carbocycles. The van der Waals surface area contributed by atoms with Gasteiger partial charge in [0.05, 0.1) is 5.69 Å². The predicted octanol–water partition coefficient (Wildman–Crippen LogP) is 3.23. The lowest BCUT2D eigenvalue weighted by molar-refractivity contribution is 0.432. The molecule has 0 fully saturated rings. The van der Waals surface area contributed by atoms with Crippen LogP contribution in [0.15, 0.2) is 24.3 Å². The predicted molar refractivity (Wildman–Crippen MR) is 73.0 cm³/mol. The Morgan fingerprint density at radius 1 is 1.33 bits per heavy atom. The van der Waals surface area contributed by atoms with Crippen molar-refractivity contribution in [3.63, 3.8) is 0 Å². The molecule has 0 unspecified atom stereocenters. The van der Waals surface area contributed by atoms with Gasteiger partial charge in [0.25, 0.3) is 0 Å². The van der Waals surface area contributed by atoms with Crippen LogP contribution in [0.2, 0.25) is 0 Å². The smallest absolute Gasteiger partial charge is 0.241 e. The van der Waals surface area contributed by atoms with Crippen LogP contribution in [0.3, 0.4) is 0 Å². The zero-order chi connectivity index (χ0) is 13.3. The first-order valence-corrected chi connectivity index (χ1v) is 6.06. The molecule has 0 spiro atoms. The van der Waals surface area contributed by atoms with E-state index in [0.29, 0.717) is 17.5 Å². The molecular formula is C14H19N3O. The van der Waals surface area contributed by atoms with Gasteiger partial charge in [-0.05, 0) is 30.5 Å². The molecule has 0 radical (unpaired) electrons. The summed E-state index contributed by atoms with van der Waals surface area (Å²) in [5, 5.41) is 4.23. The average molecular weight is 245 g/mol. The van der Waals surface area contributed by atoms with Crippen LogP contribution < -0.4 is 10.5 Å². The largest absolute Gasteiger partial charge is 0.437 e. The van der Waals surface area contributed by atoms with Gasteiger partial charge in [-0.2, -0.15) is 5.10 Å². The van der Waals surface area contributed by atoms with Gasteiger partial charge in [0, 0.05) is 7.05 Å². The number of nitrogen functional groups attached to an aromatic ring is 1. The number of ether oxygens (including phenoxy) is 1. The van der Waals surface area contributed by atoms with Crippen molar-refractivity contribution in [2.45, 2.75) is 26.7 Å². The summed E-state index contributed by atoms with van der Waals surface area (Å²) in [5.74, 6) is 1.85. The van der Waals surface area contributed by atoms with E-state index in [1.807, 2.05) is 32.2 Å². The Labute approximate surface area is 107 Å². The van der Waals surface area contributed by atoms with Gasteiger partial charge in [0.1, 0.15) is 11.4 Å². The van der Waals surface area contributed by atoms with Gasteiger partial charge in [-0.1, -0.05) is 26.0 Å². The molecule has 0 atom stereocenters. The minimum atomic E-state index is 0.471. The van der Waals surface area contributed by atoms with Crippen molar-refractivity contribution >= 4 is 5.69 Å². The zero-order valence-electron chi connectivity index (χ0n) is 11.3. The summed E-state index contributed by atoms with van der Waals surface area (Å²) >= 11 is 0. The summed E-state index contributed by atoms with van der Waals surface area (Å²) in [4.78, 5) is 0. The van der Waals surface area contributed by atoms with E-state index in [2.05, 4.69) is 25.0 Å². The maximum absolute atomic E-state index is 5.94. The van der Waals surface area contributed by atoms with Crippen LogP contribution in [0.1, 0.15) is 31.0 Å². The molecule has 0 saturated heterocycles. The van der Waals surface area contributed by atoms with Gasteiger partial charge in [-0.25, -0.2) is 4.68 Å². The van der Waals surface area contributed by atoms with E-state index >= 15 is 0 Å². The SMILES string of the molecule is Cc1nn(C)c(Oc2cccc(C(C)C)c2)c1N. The molecule has 1 aromatic heterocycles. The lowest BCUT2D eigenvalue weighted by atomic mass is 10.0. The molecule has 0 aliphatic heterocycles. The Bertz CT molecular complexity index is 558. The molecule has 0 bridgehead atoms. The zero-order valence-corrected chi connectivity index (χ0v) is 11.3. The highest BCUT2D eigenvalue weighted by Gasteiger charge is 2.12. The number of aromatic nitrogens is 2. The second-order valence-corrected chi connectivity index (χ2v) is 4.76. The molecule has 18 heavy (non-hydrogen) atoms. The van der Waals surface area contributed by atoms with Crippen LogP contribution in [0.5, 0.6) is 11.6 Å². The van der Waals surface area contributed by atoms with Crippen LogP contribution >= 0.6 is 0 Å². The van der Waals surface area contributed by atoms with Crippen LogP contribution in [0, 0.1) is 6.92 Å². The lowest BCUT2D eigenvalue weighted by Gasteiger charge is -2.10. The summed E-state index contributed by atoms with van der Waals surface area (Å²) < 4.78 is 7.49. The monoisotopic (exact) mass is 245 g/mol. The number of nitrogens with two attached hydrogens (primary N) is 1. The number of hydrogen-bond acceptors (Lipinski definition) is 3. The number of rotatable bonds is 3. The fourth-order valence-corrected chi connectivity index (χ4v) is 1.82. The van der Waals surface area contributed by atoms with E-state index < -0.39 is 0 Å².